The Morgan fingerprint density at radius 3 is 2.38 bits per heavy atom. The minimum absolute atomic E-state index is 0.0318. The highest BCUT2D eigenvalue weighted by Crippen LogP contribution is 2.57. The van der Waals surface area contributed by atoms with Gasteiger partial charge in [0.2, 0.25) is 0 Å². The van der Waals surface area contributed by atoms with Crippen molar-refractivity contribution in [1.82, 2.24) is 14.1 Å². The van der Waals surface area contributed by atoms with Crippen molar-refractivity contribution in [2.45, 2.75) is 37.3 Å². The molecule has 228 valence electrons. The van der Waals surface area contributed by atoms with Crippen LogP contribution in [0.25, 0.3) is 11.1 Å². The van der Waals surface area contributed by atoms with E-state index in [2.05, 4.69) is 13.8 Å². The first-order valence-electron chi connectivity index (χ1n) is 11.7. The van der Waals surface area contributed by atoms with Gasteiger partial charge in [0, 0.05) is 18.5 Å². The number of aliphatic hydroxyl groups is 2. The number of rotatable bonds is 9. The maximum atomic E-state index is 13.5. The second-order valence-corrected chi connectivity index (χ2v) is 11.7. The minimum atomic E-state index is -5.44. The smallest absolute Gasteiger partial charge is 0.387 e. The Bertz CT molecular complexity index is 1670. The van der Waals surface area contributed by atoms with Crippen LogP contribution in [0.15, 0.2) is 64.4 Å². The van der Waals surface area contributed by atoms with Crippen LogP contribution in [0.3, 0.4) is 0 Å². The number of phosphoric ester groups is 1. The van der Waals surface area contributed by atoms with E-state index >= 15 is 0 Å². The molecule has 3 heterocycles. The molecular formula is C22H22F3N3O12P2. The normalized spacial score (nSPS) is 22.7. The highest BCUT2D eigenvalue weighted by Gasteiger charge is 2.46. The third kappa shape index (κ3) is 7.30. The van der Waals surface area contributed by atoms with E-state index in [1.54, 1.807) is 0 Å². The number of aliphatic hydroxyl groups excluding tert-OH is 2. The number of phosphoric acid groups is 2. The van der Waals surface area contributed by atoms with E-state index in [9.17, 15) is 47.0 Å². The monoisotopic (exact) mass is 639 g/mol. The van der Waals surface area contributed by atoms with Gasteiger partial charge in [-0.2, -0.15) is 17.5 Å². The highest BCUT2D eigenvalue weighted by molar-refractivity contribution is 7.60. The summed E-state index contributed by atoms with van der Waals surface area (Å²) in [6, 6.07) is 8.29. The fourth-order valence-electron chi connectivity index (χ4n) is 4.17. The predicted molar refractivity (Wildman–Crippen MR) is 134 cm³/mol. The molecule has 1 saturated heterocycles. The number of pyridine rings is 1. The summed E-state index contributed by atoms with van der Waals surface area (Å²) in [7, 11) is -10.8. The summed E-state index contributed by atoms with van der Waals surface area (Å²) in [5, 5.41) is 20.7. The zero-order valence-corrected chi connectivity index (χ0v) is 22.7. The second-order valence-electron chi connectivity index (χ2n) is 8.89. The van der Waals surface area contributed by atoms with Gasteiger partial charge in [-0.3, -0.25) is 23.4 Å². The van der Waals surface area contributed by atoms with Crippen LogP contribution in [0.1, 0.15) is 17.5 Å². The van der Waals surface area contributed by atoms with Gasteiger partial charge in [-0.15, -0.1) is 0 Å². The number of hydrogen-bond acceptors (Lipinski definition) is 10. The van der Waals surface area contributed by atoms with Gasteiger partial charge in [-0.05, 0) is 29.3 Å². The standard InChI is InChI=1S/C22H22F3N3O12P2/c23-22(24,25)15-4-2-1-3-14(15)12-5-7-26-13(9-12)10-28-17(29)6-8-27(21(28)32)20-19(31)18(30)16(39-20)11-38-42(36,37)40-41(33,34)35/h1-9,16,18-20,30-31H,10-11H2,(H,36,37)(H2,33,34,35)/t16-,18+,19?,20-/m1/s1. The lowest BCUT2D eigenvalue weighted by Gasteiger charge is -2.19. The van der Waals surface area contributed by atoms with E-state index in [1.165, 1.54) is 36.5 Å². The van der Waals surface area contributed by atoms with Crippen molar-refractivity contribution < 1.29 is 60.8 Å². The lowest BCUT2D eigenvalue weighted by atomic mass is 9.99. The average Bonchev–Trinajstić information content (AvgIpc) is 3.17. The third-order valence-electron chi connectivity index (χ3n) is 6.00. The van der Waals surface area contributed by atoms with Gasteiger partial charge in [0.1, 0.15) is 18.3 Å². The molecule has 5 atom stereocenters. The number of benzene rings is 1. The number of ether oxygens (including phenoxy) is 1. The summed E-state index contributed by atoms with van der Waals surface area (Å²) in [6.45, 7) is -1.53. The molecule has 0 saturated carbocycles. The molecule has 0 amide bonds. The van der Waals surface area contributed by atoms with Crippen LogP contribution >= 0.6 is 15.6 Å². The van der Waals surface area contributed by atoms with Crippen LogP contribution in [0.4, 0.5) is 13.2 Å². The number of hydrogen-bond donors (Lipinski definition) is 5. The summed E-state index contributed by atoms with van der Waals surface area (Å²) in [4.78, 5) is 56.5. The lowest BCUT2D eigenvalue weighted by Crippen LogP contribution is -2.43. The van der Waals surface area contributed by atoms with Crippen LogP contribution in [-0.4, -0.2) is 63.9 Å². The van der Waals surface area contributed by atoms with Crippen LogP contribution in [-0.2, 0) is 35.4 Å². The fourth-order valence-corrected chi connectivity index (χ4v) is 5.77. The van der Waals surface area contributed by atoms with Gasteiger partial charge < -0.3 is 29.6 Å². The Kier molecular flexibility index (Phi) is 9.06. The third-order valence-corrected chi connectivity index (χ3v) is 8.15. The largest absolute Gasteiger partial charge is 0.481 e. The Morgan fingerprint density at radius 1 is 1.02 bits per heavy atom. The first-order valence-corrected chi connectivity index (χ1v) is 14.7. The van der Waals surface area contributed by atoms with Crippen LogP contribution < -0.4 is 11.2 Å². The molecule has 2 unspecified atom stereocenters. The van der Waals surface area contributed by atoms with Crippen molar-refractivity contribution >= 4 is 15.6 Å². The number of nitrogens with zero attached hydrogens (tertiary/aromatic N) is 3. The zero-order valence-electron chi connectivity index (χ0n) is 20.9. The Balaban J connectivity index is 1.58. The van der Waals surface area contributed by atoms with Gasteiger partial charge >= 0.3 is 27.5 Å². The molecule has 0 radical (unpaired) electrons. The van der Waals surface area contributed by atoms with E-state index in [1.807, 2.05) is 0 Å². The van der Waals surface area contributed by atoms with Gasteiger partial charge in [0.25, 0.3) is 5.56 Å². The topological polar surface area (TPSA) is 220 Å². The quantitative estimate of drug-likeness (QED) is 0.207. The molecule has 3 aromatic rings. The molecular weight excluding hydrogens is 617 g/mol. The van der Waals surface area contributed by atoms with Crippen molar-refractivity contribution in [2.75, 3.05) is 6.61 Å². The molecule has 2 aromatic heterocycles. The van der Waals surface area contributed by atoms with Crippen molar-refractivity contribution in [1.29, 1.82) is 0 Å². The molecule has 1 aliphatic rings. The Hall–Kier alpha value is -3.02. The number of halogens is 3. The zero-order chi connectivity index (χ0) is 31.0. The molecule has 1 aliphatic heterocycles. The molecule has 1 fully saturated rings. The maximum absolute atomic E-state index is 13.5. The molecule has 0 bridgehead atoms. The lowest BCUT2D eigenvalue weighted by molar-refractivity contribution is -0.137. The first-order chi connectivity index (χ1) is 19.5. The van der Waals surface area contributed by atoms with E-state index in [0.717, 1.165) is 18.3 Å². The average molecular weight is 639 g/mol. The summed E-state index contributed by atoms with van der Waals surface area (Å²) >= 11 is 0. The van der Waals surface area contributed by atoms with Crippen LogP contribution in [0.5, 0.6) is 0 Å². The van der Waals surface area contributed by atoms with E-state index < -0.39 is 76.3 Å². The summed E-state index contributed by atoms with van der Waals surface area (Å²) in [5.41, 5.74) is -2.85. The van der Waals surface area contributed by atoms with Gasteiger partial charge in [-0.25, -0.2) is 13.9 Å². The maximum Gasteiger partial charge on any atom is 0.481 e. The minimum Gasteiger partial charge on any atom is -0.387 e. The SMILES string of the molecule is O=c1ccn([C@@H]2O[C@H](COP(=O)(O)OP(=O)(O)O)[C@H](O)C2O)c(=O)n1Cc1cc(-c2ccccc2C(F)(F)F)ccn1. The van der Waals surface area contributed by atoms with Crippen LogP contribution in [0.2, 0.25) is 0 Å². The van der Waals surface area contributed by atoms with Crippen molar-refractivity contribution in [3.63, 3.8) is 0 Å². The van der Waals surface area contributed by atoms with Crippen molar-refractivity contribution in [3.05, 3.63) is 87.0 Å². The van der Waals surface area contributed by atoms with Crippen LogP contribution in [0, 0.1) is 0 Å². The molecule has 5 N–H and O–H groups in total. The molecule has 0 spiro atoms. The molecule has 0 aliphatic carbocycles. The van der Waals surface area contributed by atoms with E-state index in [0.29, 0.717) is 9.13 Å². The summed E-state index contributed by atoms with van der Waals surface area (Å²) in [6.07, 6.45) is -9.50. The molecule has 1 aromatic carbocycles. The molecule has 15 nitrogen and oxygen atoms in total. The Labute approximate surface area is 232 Å². The van der Waals surface area contributed by atoms with Gasteiger partial charge in [-0.1, -0.05) is 18.2 Å². The highest BCUT2D eigenvalue weighted by atomic mass is 31.3. The molecule has 42 heavy (non-hydrogen) atoms. The number of alkyl halides is 3. The molecule has 4 rings (SSSR count). The molecule has 20 heteroatoms. The van der Waals surface area contributed by atoms with Gasteiger partial charge in [0.05, 0.1) is 24.4 Å². The van der Waals surface area contributed by atoms with E-state index in [4.69, 9.17) is 14.5 Å². The fraction of sp³-hybridized carbons (Fsp3) is 0.318. The van der Waals surface area contributed by atoms with Gasteiger partial charge in [0.15, 0.2) is 6.23 Å². The number of aromatic nitrogens is 3. The van der Waals surface area contributed by atoms with Crippen molar-refractivity contribution in [3.8, 4) is 11.1 Å². The summed E-state index contributed by atoms with van der Waals surface area (Å²) < 4.78 is 77.8. The second kappa shape index (κ2) is 11.9. The van der Waals surface area contributed by atoms with E-state index in [-0.39, 0.29) is 16.8 Å². The summed E-state index contributed by atoms with van der Waals surface area (Å²) in [5.74, 6) is 0. The first kappa shape index (κ1) is 31.9. The Morgan fingerprint density at radius 2 is 1.71 bits per heavy atom. The predicted octanol–water partition coefficient (Wildman–Crippen LogP) is 0.985. The van der Waals surface area contributed by atoms with Crippen molar-refractivity contribution in [2.24, 2.45) is 0 Å².